The molecule has 2 aromatic rings. The lowest BCUT2D eigenvalue weighted by Gasteiger charge is -2.10. The first-order chi connectivity index (χ1) is 13.5. The molecule has 0 aliphatic rings. The summed E-state index contributed by atoms with van der Waals surface area (Å²) < 4.78 is 40.9. The van der Waals surface area contributed by atoms with Gasteiger partial charge in [0.1, 0.15) is 11.1 Å². The highest BCUT2D eigenvalue weighted by molar-refractivity contribution is 6.34. The van der Waals surface area contributed by atoms with E-state index in [0.29, 0.717) is 11.1 Å². The van der Waals surface area contributed by atoms with Crippen molar-refractivity contribution < 1.29 is 37.7 Å². The maximum atomic E-state index is 13.6. The van der Waals surface area contributed by atoms with E-state index < -0.39 is 29.1 Å². The summed E-state index contributed by atoms with van der Waals surface area (Å²) in [5.74, 6) is -4.13. The lowest BCUT2D eigenvalue weighted by molar-refractivity contribution is 0.0593. The third-order valence-electron chi connectivity index (χ3n) is 3.74. The molecule has 0 radical (unpaired) electrons. The van der Waals surface area contributed by atoms with Crippen molar-refractivity contribution in [1.29, 1.82) is 0 Å². The average molecular weight is 451 g/mol. The normalized spacial score (nSPS) is 9.97. The third-order valence-corrected chi connectivity index (χ3v) is 4.72. The number of carboxylic acid groups (broad SMARTS) is 1. The molecule has 6 nitrogen and oxygen atoms in total. The van der Waals surface area contributed by atoms with Gasteiger partial charge in [-0.15, -0.1) is 0 Å². The summed E-state index contributed by atoms with van der Waals surface area (Å²) in [4.78, 5) is 22.0. The van der Waals surface area contributed by atoms with Crippen LogP contribution in [-0.4, -0.2) is 38.4 Å². The maximum Gasteiger partial charge on any atom is 0.342 e. The van der Waals surface area contributed by atoms with Gasteiger partial charge in [0.25, 0.3) is 0 Å². The molecule has 0 bridgehead atoms. The molecule has 0 atom stereocenters. The summed E-state index contributed by atoms with van der Waals surface area (Å²) in [6.07, 6.45) is 0. The number of halogens is 4. The van der Waals surface area contributed by atoms with Crippen LogP contribution in [0.1, 0.15) is 31.8 Å². The van der Waals surface area contributed by atoms with Gasteiger partial charge in [-0.25, -0.2) is 18.4 Å². The molecule has 0 aromatic heterocycles. The molecule has 0 heterocycles. The number of aryl methyl sites for hydroxylation is 2. The van der Waals surface area contributed by atoms with E-state index in [1.165, 1.54) is 26.4 Å². The second-order valence-electron chi connectivity index (χ2n) is 5.59. The second-order valence-corrected chi connectivity index (χ2v) is 6.35. The summed E-state index contributed by atoms with van der Waals surface area (Å²) >= 11 is 11.5. The Kier molecular flexibility index (Phi) is 8.66. The van der Waals surface area contributed by atoms with E-state index in [2.05, 4.69) is 9.47 Å². The van der Waals surface area contributed by atoms with E-state index in [1.54, 1.807) is 13.8 Å². The summed E-state index contributed by atoms with van der Waals surface area (Å²) in [5, 5.41) is 8.65. The van der Waals surface area contributed by atoms with Crippen LogP contribution >= 0.6 is 23.2 Å². The maximum absolute atomic E-state index is 13.6. The van der Waals surface area contributed by atoms with Gasteiger partial charge in [0, 0.05) is 0 Å². The van der Waals surface area contributed by atoms with Gasteiger partial charge in [-0.3, -0.25) is 0 Å². The van der Waals surface area contributed by atoms with Crippen LogP contribution in [0.5, 0.6) is 11.5 Å². The van der Waals surface area contributed by atoms with E-state index in [-0.39, 0.29) is 27.1 Å². The SMILES string of the molecule is COC(=O)c1c(F)c(OC)cc(C)c1Cl.COc1cc(C)c(Cl)c(C(=O)O)c1F. The topological polar surface area (TPSA) is 82.1 Å². The van der Waals surface area contributed by atoms with E-state index >= 15 is 0 Å². The largest absolute Gasteiger partial charge is 0.494 e. The van der Waals surface area contributed by atoms with Crippen LogP contribution in [0, 0.1) is 25.5 Å². The van der Waals surface area contributed by atoms with Crippen LogP contribution in [0.25, 0.3) is 0 Å². The average Bonchev–Trinajstić information content (AvgIpc) is 2.67. The zero-order chi connectivity index (χ0) is 22.5. The Morgan fingerprint density at radius 3 is 1.59 bits per heavy atom. The number of aromatic carboxylic acids is 1. The van der Waals surface area contributed by atoms with Gasteiger partial charge in [0.15, 0.2) is 23.1 Å². The number of hydrogen-bond donors (Lipinski definition) is 1. The molecule has 0 unspecified atom stereocenters. The van der Waals surface area contributed by atoms with Crippen molar-refractivity contribution in [3.8, 4) is 11.5 Å². The lowest BCUT2D eigenvalue weighted by atomic mass is 10.1. The molecule has 0 spiro atoms. The molecule has 0 saturated heterocycles. The number of rotatable bonds is 4. The summed E-state index contributed by atoms with van der Waals surface area (Å²) in [7, 11) is 3.73. The molecule has 2 aromatic carbocycles. The highest BCUT2D eigenvalue weighted by atomic mass is 35.5. The molecule has 2 rings (SSSR count). The summed E-state index contributed by atoms with van der Waals surface area (Å²) in [6.45, 7) is 3.23. The van der Waals surface area contributed by atoms with Crippen LogP contribution in [0.4, 0.5) is 8.78 Å². The minimum atomic E-state index is -1.41. The van der Waals surface area contributed by atoms with Crippen molar-refractivity contribution in [3.63, 3.8) is 0 Å². The number of methoxy groups -OCH3 is 3. The van der Waals surface area contributed by atoms with Crippen molar-refractivity contribution in [3.05, 3.63) is 56.1 Å². The molecule has 29 heavy (non-hydrogen) atoms. The van der Waals surface area contributed by atoms with Crippen LogP contribution in [0.3, 0.4) is 0 Å². The van der Waals surface area contributed by atoms with Gasteiger partial charge in [-0.1, -0.05) is 23.2 Å². The van der Waals surface area contributed by atoms with Crippen molar-refractivity contribution >= 4 is 35.1 Å². The van der Waals surface area contributed by atoms with Crippen LogP contribution in [0.2, 0.25) is 10.0 Å². The van der Waals surface area contributed by atoms with Crippen LogP contribution in [0.15, 0.2) is 12.1 Å². The number of esters is 1. The Bertz CT molecular complexity index is 947. The van der Waals surface area contributed by atoms with Gasteiger partial charge >= 0.3 is 11.9 Å². The minimum absolute atomic E-state index is 0.0303. The first kappa shape index (κ1) is 24.5. The molecular formula is C19H18Cl2F2O6. The highest BCUT2D eigenvalue weighted by Gasteiger charge is 2.23. The van der Waals surface area contributed by atoms with E-state index in [4.69, 9.17) is 33.0 Å². The molecule has 10 heteroatoms. The number of hydrogen-bond acceptors (Lipinski definition) is 5. The first-order valence-electron chi connectivity index (χ1n) is 7.88. The number of carboxylic acids is 1. The smallest absolute Gasteiger partial charge is 0.342 e. The Morgan fingerprint density at radius 1 is 0.862 bits per heavy atom. The predicted molar refractivity (Wildman–Crippen MR) is 104 cm³/mol. The number of carbonyl (C=O) groups is 2. The minimum Gasteiger partial charge on any atom is -0.494 e. The van der Waals surface area contributed by atoms with Gasteiger partial charge < -0.3 is 19.3 Å². The van der Waals surface area contributed by atoms with Crippen molar-refractivity contribution in [2.45, 2.75) is 13.8 Å². The molecule has 158 valence electrons. The van der Waals surface area contributed by atoms with E-state index in [9.17, 15) is 18.4 Å². The van der Waals surface area contributed by atoms with E-state index in [0.717, 1.165) is 7.11 Å². The zero-order valence-electron chi connectivity index (χ0n) is 16.2. The van der Waals surface area contributed by atoms with Crippen molar-refractivity contribution in [1.82, 2.24) is 0 Å². The van der Waals surface area contributed by atoms with Crippen molar-refractivity contribution in [2.75, 3.05) is 21.3 Å². The number of ether oxygens (including phenoxy) is 3. The van der Waals surface area contributed by atoms with Gasteiger partial charge in [0.05, 0.1) is 31.4 Å². The first-order valence-corrected chi connectivity index (χ1v) is 8.64. The molecular weight excluding hydrogens is 433 g/mol. The van der Waals surface area contributed by atoms with Gasteiger partial charge in [-0.2, -0.15) is 0 Å². The molecule has 0 aliphatic carbocycles. The molecule has 0 fully saturated rings. The highest BCUT2D eigenvalue weighted by Crippen LogP contribution is 2.31. The predicted octanol–water partition coefficient (Wildman–Crippen LogP) is 5.08. The van der Waals surface area contributed by atoms with Crippen LogP contribution in [-0.2, 0) is 4.74 Å². The van der Waals surface area contributed by atoms with E-state index in [1.807, 2.05) is 0 Å². The van der Waals surface area contributed by atoms with Crippen LogP contribution < -0.4 is 9.47 Å². The fourth-order valence-corrected chi connectivity index (χ4v) is 2.68. The summed E-state index contributed by atoms with van der Waals surface area (Å²) in [5.41, 5.74) is 0.164. The Balaban J connectivity index is 0.000000291. The third kappa shape index (κ3) is 5.27. The molecule has 0 saturated carbocycles. The fourth-order valence-electron chi connectivity index (χ4n) is 2.25. The number of benzene rings is 2. The fraction of sp³-hybridized carbons (Fsp3) is 0.263. The van der Waals surface area contributed by atoms with Gasteiger partial charge in [0.2, 0.25) is 0 Å². The van der Waals surface area contributed by atoms with Crippen molar-refractivity contribution in [2.24, 2.45) is 0 Å². The zero-order valence-corrected chi connectivity index (χ0v) is 17.7. The summed E-state index contributed by atoms with van der Waals surface area (Å²) in [6, 6.07) is 2.77. The standard InChI is InChI=1S/C10H10ClFO3.C9H8ClFO3/c1-5-4-6(14-2)9(12)7(8(5)11)10(13)15-3;1-4-3-5(14-2)8(11)6(7(4)10)9(12)13/h4H,1-3H3;3H,1-2H3,(H,12,13). The lowest BCUT2D eigenvalue weighted by Crippen LogP contribution is -2.08. The molecule has 0 amide bonds. The quantitative estimate of drug-likeness (QED) is 0.654. The van der Waals surface area contributed by atoms with Gasteiger partial charge in [-0.05, 0) is 37.1 Å². The second kappa shape index (κ2) is 10.3. The Labute approximate surface area is 175 Å². The Morgan fingerprint density at radius 2 is 1.24 bits per heavy atom. The molecule has 1 N–H and O–H groups in total. The molecule has 0 aliphatic heterocycles. The monoisotopic (exact) mass is 450 g/mol. The number of carbonyl (C=O) groups excluding carboxylic acids is 1. The Hall–Kier alpha value is -2.58.